The van der Waals surface area contributed by atoms with Crippen LogP contribution in [0.25, 0.3) is 0 Å². The fraction of sp³-hybridized carbons (Fsp3) is 0.562. The van der Waals surface area contributed by atoms with Crippen molar-refractivity contribution in [1.82, 2.24) is 10.2 Å². The first-order valence-corrected chi connectivity index (χ1v) is 8.21. The van der Waals surface area contributed by atoms with Gasteiger partial charge in [-0.05, 0) is 18.2 Å². The van der Waals surface area contributed by atoms with Crippen LogP contribution in [-0.4, -0.2) is 63.9 Å². The molecule has 1 aromatic rings. The van der Waals surface area contributed by atoms with Gasteiger partial charge in [0.25, 0.3) is 0 Å². The summed E-state index contributed by atoms with van der Waals surface area (Å²) < 4.78 is 10.4. The highest BCUT2D eigenvalue weighted by Gasteiger charge is 2.10. The van der Waals surface area contributed by atoms with Crippen molar-refractivity contribution in [2.75, 3.05) is 58.4 Å². The van der Waals surface area contributed by atoms with E-state index < -0.39 is 0 Å². The first-order chi connectivity index (χ1) is 11.2. The first-order valence-electron chi connectivity index (χ1n) is 7.83. The summed E-state index contributed by atoms with van der Waals surface area (Å²) in [5.74, 6) is 0.684. The van der Waals surface area contributed by atoms with E-state index in [-0.39, 0.29) is 5.91 Å². The molecule has 0 aromatic heterocycles. The van der Waals surface area contributed by atoms with Gasteiger partial charge in [-0.15, -0.1) is 0 Å². The molecule has 1 amide bonds. The smallest absolute Gasteiger partial charge is 0.221 e. The molecule has 0 saturated carbocycles. The van der Waals surface area contributed by atoms with Crippen LogP contribution in [0.3, 0.4) is 0 Å². The fourth-order valence-corrected chi connectivity index (χ4v) is 2.62. The fourth-order valence-electron chi connectivity index (χ4n) is 2.36. The summed E-state index contributed by atoms with van der Waals surface area (Å²) >= 11 is 6.06. The molecule has 1 aromatic carbocycles. The Balaban J connectivity index is 1.59. The van der Waals surface area contributed by atoms with Crippen LogP contribution in [0.2, 0.25) is 5.02 Å². The Labute approximate surface area is 142 Å². The molecular weight excluding hydrogens is 318 g/mol. The summed E-state index contributed by atoms with van der Waals surface area (Å²) in [5.41, 5.74) is 0.872. The number of anilines is 1. The highest BCUT2D eigenvalue weighted by Crippen LogP contribution is 2.27. The SMILES string of the molecule is COc1ccc(NCCC(=O)NCCN2CCOCC2)cc1Cl. The van der Waals surface area contributed by atoms with Crippen molar-refractivity contribution in [3.63, 3.8) is 0 Å². The van der Waals surface area contributed by atoms with E-state index >= 15 is 0 Å². The second kappa shape index (κ2) is 9.60. The number of rotatable bonds is 8. The summed E-state index contributed by atoms with van der Waals surface area (Å²) in [4.78, 5) is 14.1. The second-order valence-corrected chi connectivity index (χ2v) is 5.74. The van der Waals surface area contributed by atoms with Gasteiger partial charge in [-0.2, -0.15) is 0 Å². The van der Waals surface area contributed by atoms with Gasteiger partial charge in [0.2, 0.25) is 5.91 Å². The zero-order valence-corrected chi connectivity index (χ0v) is 14.2. The van der Waals surface area contributed by atoms with Crippen molar-refractivity contribution < 1.29 is 14.3 Å². The maximum Gasteiger partial charge on any atom is 0.221 e. The van der Waals surface area contributed by atoms with E-state index in [0.717, 1.165) is 38.5 Å². The highest BCUT2D eigenvalue weighted by atomic mass is 35.5. The number of halogens is 1. The predicted molar refractivity (Wildman–Crippen MR) is 91.4 cm³/mol. The van der Waals surface area contributed by atoms with E-state index in [4.69, 9.17) is 21.1 Å². The maximum absolute atomic E-state index is 11.8. The van der Waals surface area contributed by atoms with Gasteiger partial charge < -0.3 is 20.1 Å². The molecule has 23 heavy (non-hydrogen) atoms. The number of carbonyl (C=O) groups is 1. The molecular formula is C16H24ClN3O3. The number of nitrogens with zero attached hydrogens (tertiary/aromatic N) is 1. The lowest BCUT2D eigenvalue weighted by Crippen LogP contribution is -2.41. The Bertz CT molecular complexity index is 507. The van der Waals surface area contributed by atoms with Crippen LogP contribution in [0.4, 0.5) is 5.69 Å². The van der Waals surface area contributed by atoms with Crippen molar-refractivity contribution in [1.29, 1.82) is 0 Å². The van der Waals surface area contributed by atoms with Gasteiger partial charge in [-0.1, -0.05) is 11.6 Å². The van der Waals surface area contributed by atoms with E-state index in [1.807, 2.05) is 6.07 Å². The summed E-state index contributed by atoms with van der Waals surface area (Å²) in [6, 6.07) is 5.46. The van der Waals surface area contributed by atoms with Crippen LogP contribution in [0.15, 0.2) is 18.2 Å². The van der Waals surface area contributed by atoms with Crippen LogP contribution in [-0.2, 0) is 9.53 Å². The largest absolute Gasteiger partial charge is 0.495 e. The molecule has 7 heteroatoms. The summed E-state index contributed by atoms with van der Waals surface area (Å²) in [7, 11) is 1.58. The Morgan fingerprint density at radius 2 is 2.13 bits per heavy atom. The predicted octanol–water partition coefficient (Wildman–Crippen LogP) is 1.60. The number of methoxy groups -OCH3 is 1. The Kier molecular flexibility index (Phi) is 7.45. The van der Waals surface area contributed by atoms with Crippen LogP contribution < -0.4 is 15.4 Å². The van der Waals surface area contributed by atoms with Gasteiger partial charge in [0, 0.05) is 44.8 Å². The molecule has 1 saturated heterocycles. The molecule has 1 fully saturated rings. The second-order valence-electron chi connectivity index (χ2n) is 5.33. The third kappa shape index (κ3) is 6.25. The van der Waals surface area contributed by atoms with Crippen molar-refractivity contribution in [3.05, 3.63) is 23.2 Å². The van der Waals surface area contributed by atoms with E-state index in [1.165, 1.54) is 0 Å². The van der Waals surface area contributed by atoms with E-state index in [9.17, 15) is 4.79 Å². The third-order valence-corrected chi connectivity index (χ3v) is 3.98. The molecule has 128 valence electrons. The minimum atomic E-state index is 0.0466. The third-order valence-electron chi connectivity index (χ3n) is 3.69. The Morgan fingerprint density at radius 1 is 1.35 bits per heavy atom. The van der Waals surface area contributed by atoms with Gasteiger partial charge in [-0.25, -0.2) is 0 Å². The first kappa shape index (κ1) is 17.8. The van der Waals surface area contributed by atoms with Gasteiger partial charge in [0.1, 0.15) is 5.75 Å². The van der Waals surface area contributed by atoms with Crippen molar-refractivity contribution in [2.24, 2.45) is 0 Å². The average molecular weight is 342 g/mol. The molecule has 2 N–H and O–H groups in total. The molecule has 0 bridgehead atoms. The summed E-state index contributed by atoms with van der Waals surface area (Å²) in [6.07, 6.45) is 0.423. The van der Waals surface area contributed by atoms with Gasteiger partial charge >= 0.3 is 0 Å². The van der Waals surface area contributed by atoms with Gasteiger partial charge in [-0.3, -0.25) is 9.69 Å². The highest BCUT2D eigenvalue weighted by molar-refractivity contribution is 6.32. The number of benzene rings is 1. The molecule has 0 aliphatic carbocycles. The number of carbonyl (C=O) groups excluding carboxylic acids is 1. The maximum atomic E-state index is 11.8. The minimum absolute atomic E-state index is 0.0466. The van der Waals surface area contributed by atoms with E-state index in [1.54, 1.807) is 19.2 Å². The lowest BCUT2D eigenvalue weighted by molar-refractivity contribution is -0.120. The molecule has 0 radical (unpaired) electrons. The van der Waals surface area contributed by atoms with Crippen LogP contribution >= 0.6 is 11.6 Å². The van der Waals surface area contributed by atoms with Gasteiger partial charge in [0.15, 0.2) is 0 Å². The van der Waals surface area contributed by atoms with Crippen LogP contribution in [0.5, 0.6) is 5.75 Å². The normalized spacial score (nSPS) is 15.2. The molecule has 0 atom stereocenters. The Morgan fingerprint density at radius 3 is 2.83 bits per heavy atom. The zero-order chi connectivity index (χ0) is 16.5. The van der Waals surface area contributed by atoms with Gasteiger partial charge in [0.05, 0.1) is 25.3 Å². The summed E-state index contributed by atoms with van der Waals surface area (Å²) in [5, 5.41) is 6.67. The Hall–Kier alpha value is -1.50. The number of morpholine rings is 1. The topological polar surface area (TPSA) is 62.8 Å². The minimum Gasteiger partial charge on any atom is -0.495 e. The standard InChI is InChI=1S/C16H24ClN3O3/c1-22-15-3-2-13(12-14(15)17)18-5-4-16(21)19-6-7-20-8-10-23-11-9-20/h2-3,12,18H,4-11H2,1H3,(H,19,21). The van der Waals surface area contributed by atoms with Crippen molar-refractivity contribution in [2.45, 2.75) is 6.42 Å². The van der Waals surface area contributed by atoms with Crippen molar-refractivity contribution in [3.8, 4) is 5.75 Å². The number of hydrogen-bond acceptors (Lipinski definition) is 5. The van der Waals surface area contributed by atoms with E-state index in [0.29, 0.717) is 30.3 Å². The van der Waals surface area contributed by atoms with Crippen LogP contribution in [0, 0.1) is 0 Å². The van der Waals surface area contributed by atoms with Crippen LogP contribution in [0.1, 0.15) is 6.42 Å². The number of nitrogens with one attached hydrogen (secondary N) is 2. The average Bonchev–Trinajstić information content (AvgIpc) is 2.56. The lowest BCUT2D eigenvalue weighted by Gasteiger charge is -2.26. The molecule has 6 nitrogen and oxygen atoms in total. The molecule has 0 unspecified atom stereocenters. The summed E-state index contributed by atoms with van der Waals surface area (Å²) in [6.45, 7) is 5.55. The van der Waals surface area contributed by atoms with E-state index in [2.05, 4.69) is 15.5 Å². The molecule has 1 aliphatic rings. The quantitative estimate of drug-likeness (QED) is 0.752. The number of ether oxygens (including phenoxy) is 2. The lowest BCUT2D eigenvalue weighted by atomic mass is 10.3. The number of amides is 1. The molecule has 0 spiro atoms. The zero-order valence-electron chi connectivity index (χ0n) is 13.4. The molecule has 1 heterocycles. The monoisotopic (exact) mass is 341 g/mol. The molecule has 1 aliphatic heterocycles. The molecule has 2 rings (SSSR count). The van der Waals surface area contributed by atoms with Crippen molar-refractivity contribution >= 4 is 23.2 Å². The number of hydrogen-bond donors (Lipinski definition) is 2.